The normalized spacial score (nSPS) is 17.2. The maximum absolute atomic E-state index is 5.97. The zero-order valence-electron chi connectivity index (χ0n) is 11.4. The van der Waals surface area contributed by atoms with Crippen molar-refractivity contribution < 1.29 is 0 Å². The molecule has 100 valence electrons. The smallest absolute Gasteiger partial charge is 0.182 e. The standard InChI is InChI=1S/C14H19N5/c1-9-12(7-4-8-13(9)15)14-16-17-18-19(14)10(2)11-5-3-6-11/h4,7-8,10-11H,3,5-6,15H2,1-2H3. The number of rotatable bonds is 3. The Kier molecular flexibility index (Phi) is 2.97. The zero-order chi connectivity index (χ0) is 13.4. The first-order valence-electron chi connectivity index (χ1n) is 6.82. The minimum atomic E-state index is 0.347. The molecule has 1 aromatic carbocycles. The summed E-state index contributed by atoms with van der Waals surface area (Å²) >= 11 is 0. The molecule has 19 heavy (non-hydrogen) atoms. The van der Waals surface area contributed by atoms with Gasteiger partial charge < -0.3 is 5.73 Å². The summed E-state index contributed by atoms with van der Waals surface area (Å²) in [5, 5.41) is 12.2. The Balaban J connectivity index is 2.01. The molecule has 1 aliphatic carbocycles. The van der Waals surface area contributed by atoms with Crippen molar-refractivity contribution in [1.82, 2.24) is 20.2 Å². The van der Waals surface area contributed by atoms with Crippen LogP contribution in [0.5, 0.6) is 0 Å². The van der Waals surface area contributed by atoms with Gasteiger partial charge in [-0.3, -0.25) is 0 Å². The number of nitrogens with two attached hydrogens (primary N) is 1. The Morgan fingerprint density at radius 1 is 1.37 bits per heavy atom. The maximum atomic E-state index is 5.97. The minimum absolute atomic E-state index is 0.347. The highest BCUT2D eigenvalue weighted by molar-refractivity contribution is 5.67. The van der Waals surface area contributed by atoms with Crippen LogP contribution >= 0.6 is 0 Å². The fourth-order valence-electron chi connectivity index (χ4n) is 2.66. The molecule has 0 saturated heterocycles. The average molecular weight is 257 g/mol. The largest absolute Gasteiger partial charge is 0.398 e. The SMILES string of the molecule is Cc1c(N)cccc1-c1nnnn1C(C)C1CCC1. The van der Waals surface area contributed by atoms with Gasteiger partial charge in [-0.2, -0.15) is 0 Å². The average Bonchev–Trinajstić information content (AvgIpc) is 2.79. The van der Waals surface area contributed by atoms with Crippen molar-refractivity contribution in [2.24, 2.45) is 5.92 Å². The third-order valence-electron chi connectivity index (χ3n) is 4.33. The Labute approximate surface area is 112 Å². The van der Waals surface area contributed by atoms with Crippen LogP contribution in [0.4, 0.5) is 5.69 Å². The third-order valence-corrected chi connectivity index (χ3v) is 4.33. The summed E-state index contributed by atoms with van der Waals surface area (Å²) in [5.41, 5.74) is 8.82. The van der Waals surface area contributed by atoms with Crippen molar-refractivity contribution in [2.75, 3.05) is 5.73 Å². The summed E-state index contributed by atoms with van der Waals surface area (Å²) in [4.78, 5) is 0. The number of benzene rings is 1. The lowest BCUT2D eigenvalue weighted by atomic mass is 9.80. The highest BCUT2D eigenvalue weighted by Gasteiger charge is 2.28. The van der Waals surface area contributed by atoms with E-state index in [9.17, 15) is 0 Å². The Morgan fingerprint density at radius 2 is 2.16 bits per heavy atom. The molecule has 1 unspecified atom stereocenters. The molecule has 0 spiro atoms. The number of anilines is 1. The highest BCUT2D eigenvalue weighted by atomic mass is 15.5. The van der Waals surface area contributed by atoms with Crippen LogP contribution in [0.3, 0.4) is 0 Å². The van der Waals surface area contributed by atoms with Gasteiger partial charge in [-0.05, 0) is 54.7 Å². The van der Waals surface area contributed by atoms with E-state index in [0.717, 1.165) is 22.6 Å². The summed E-state index contributed by atoms with van der Waals surface area (Å²) in [5.74, 6) is 1.52. The molecule has 3 rings (SSSR count). The first-order valence-corrected chi connectivity index (χ1v) is 6.82. The van der Waals surface area contributed by atoms with Crippen molar-refractivity contribution >= 4 is 5.69 Å². The second-order valence-corrected chi connectivity index (χ2v) is 5.40. The van der Waals surface area contributed by atoms with Crippen molar-refractivity contribution in [2.45, 2.75) is 39.2 Å². The molecule has 0 bridgehead atoms. The van der Waals surface area contributed by atoms with Gasteiger partial charge in [0.25, 0.3) is 0 Å². The number of tetrazole rings is 1. The molecule has 1 saturated carbocycles. The van der Waals surface area contributed by atoms with Gasteiger partial charge in [0.2, 0.25) is 0 Å². The van der Waals surface area contributed by atoms with Gasteiger partial charge in [-0.25, -0.2) is 4.68 Å². The highest BCUT2D eigenvalue weighted by Crippen LogP contribution is 2.37. The molecule has 0 radical (unpaired) electrons. The number of nitrogen functional groups attached to an aromatic ring is 1. The van der Waals surface area contributed by atoms with Crippen LogP contribution in [0.15, 0.2) is 18.2 Å². The van der Waals surface area contributed by atoms with E-state index in [4.69, 9.17) is 5.73 Å². The first kappa shape index (κ1) is 12.1. The molecule has 1 fully saturated rings. The summed E-state index contributed by atoms with van der Waals surface area (Å²) < 4.78 is 1.95. The molecule has 1 heterocycles. The zero-order valence-corrected chi connectivity index (χ0v) is 11.4. The lowest BCUT2D eigenvalue weighted by molar-refractivity contribution is 0.210. The van der Waals surface area contributed by atoms with Crippen molar-refractivity contribution in [3.8, 4) is 11.4 Å². The van der Waals surface area contributed by atoms with Crippen LogP contribution in [0.25, 0.3) is 11.4 Å². The molecule has 2 N–H and O–H groups in total. The van der Waals surface area contributed by atoms with E-state index in [-0.39, 0.29) is 0 Å². The molecular formula is C14H19N5. The molecule has 2 aromatic rings. The first-order chi connectivity index (χ1) is 9.18. The monoisotopic (exact) mass is 257 g/mol. The number of nitrogens with zero attached hydrogens (tertiary/aromatic N) is 4. The molecule has 1 aliphatic rings. The number of aromatic nitrogens is 4. The van der Waals surface area contributed by atoms with Gasteiger partial charge in [0, 0.05) is 11.3 Å². The fourth-order valence-corrected chi connectivity index (χ4v) is 2.66. The Morgan fingerprint density at radius 3 is 2.84 bits per heavy atom. The van der Waals surface area contributed by atoms with E-state index < -0.39 is 0 Å². The van der Waals surface area contributed by atoms with E-state index in [1.165, 1.54) is 19.3 Å². The van der Waals surface area contributed by atoms with Gasteiger partial charge in [0.05, 0.1) is 6.04 Å². The quantitative estimate of drug-likeness (QED) is 0.858. The van der Waals surface area contributed by atoms with Crippen LogP contribution in [-0.4, -0.2) is 20.2 Å². The van der Waals surface area contributed by atoms with Crippen LogP contribution in [0, 0.1) is 12.8 Å². The van der Waals surface area contributed by atoms with E-state index in [2.05, 4.69) is 22.4 Å². The molecule has 5 heteroatoms. The van der Waals surface area contributed by atoms with Gasteiger partial charge in [0.1, 0.15) is 0 Å². The van der Waals surface area contributed by atoms with Gasteiger partial charge in [-0.15, -0.1) is 5.10 Å². The summed E-state index contributed by atoms with van der Waals surface area (Å²) in [6.07, 6.45) is 3.87. The topological polar surface area (TPSA) is 69.6 Å². The summed E-state index contributed by atoms with van der Waals surface area (Å²) in [6, 6.07) is 6.23. The van der Waals surface area contributed by atoms with E-state index in [0.29, 0.717) is 12.0 Å². The molecule has 1 atom stereocenters. The van der Waals surface area contributed by atoms with E-state index >= 15 is 0 Å². The van der Waals surface area contributed by atoms with Gasteiger partial charge >= 0.3 is 0 Å². The molecule has 1 aromatic heterocycles. The maximum Gasteiger partial charge on any atom is 0.182 e. The summed E-state index contributed by atoms with van der Waals surface area (Å²) in [7, 11) is 0. The predicted octanol–water partition coefficient (Wildman–Crippen LogP) is 2.59. The van der Waals surface area contributed by atoms with Crippen molar-refractivity contribution in [3.05, 3.63) is 23.8 Å². The molecular weight excluding hydrogens is 238 g/mol. The van der Waals surface area contributed by atoms with Crippen molar-refractivity contribution in [3.63, 3.8) is 0 Å². The van der Waals surface area contributed by atoms with E-state index in [1.54, 1.807) is 0 Å². The lowest BCUT2D eigenvalue weighted by Gasteiger charge is -2.31. The number of hydrogen-bond donors (Lipinski definition) is 1. The second-order valence-electron chi connectivity index (χ2n) is 5.40. The fraction of sp³-hybridized carbons (Fsp3) is 0.500. The lowest BCUT2D eigenvalue weighted by Crippen LogP contribution is -2.24. The molecule has 0 aliphatic heterocycles. The van der Waals surface area contributed by atoms with E-state index in [1.807, 2.05) is 29.8 Å². The van der Waals surface area contributed by atoms with Crippen LogP contribution in [0.1, 0.15) is 37.8 Å². The minimum Gasteiger partial charge on any atom is -0.398 e. The predicted molar refractivity (Wildman–Crippen MR) is 74.5 cm³/mol. The molecule has 5 nitrogen and oxygen atoms in total. The summed E-state index contributed by atoms with van der Waals surface area (Å²) in [6.45, 7) is 4.21. The van der Waals surface area contributed by atoms with Gasteiger partial charge in [-0.1, -0.05) is 18.6 Å². The van der Waals surface area contributed by atoms with Crippen molar-refractivity contribution in [1.29, 1.82) is 0 Å². The van der Waals surface area contributed by atoms with Gasteiger partial charge in [0.15, 0.2) is 5.82 Å². The number of hydrogen-bond acceptors (Lipinski definition) is 4. The Hall–Kier alpha value is -1.91. The second kappa shape index (κ2) is 4.64. The van der Waals surface area contributed by atoms with Crippen LogP contribution in [-0.2, 0) is 0 Å². The molecule has 0 amide bonds. The van der Waals surface area contributed by atoms with Crippen LogP contribution in [0.2, 0.25) is 0 Å². The Bertz CT molecular complexity index is 585. The third kappa shape index (κ3) is 1.99. The van der Waals surface area contributed by atoms with Crippen LogP contribution < -0.4 is 5.73 Å².